The van der Waals surface area contributed by atoms with Crippen LogP contribution in [0.3, 0.4) is 0 Å². The molecule has 0 saturated heterocycles. The summed E-state index contributed by atoms with van der Waals surface area (Å²) in [5.41, 5.74) is 0. The molecular formula is C12H23NO3. The van der Waals surface area contributed by atoms with Crippen molar-refractivity contribution in [3.8, 4) is 0 Å². The van der Waals surface area contributed by atoms with Gasteiger partial charge in [-0.15, -0.1) is 0 Å². The summed E-state index contributed by atoms with van der Waals surface area (Å²) < 4.78 is 0. The topological polar surface area (TPSA) is 60.8 Å². The van der Waals surface area contributed by atoms with Gasteiger partial charge in [0.1, 0.15) is 5.78 Å². The Kier molecular flexibility index (Phi) is 7.21. The summed E-state index contributed by atoms with van der Waals surface area (Å²) in [6.07, 6.45) is 3.43. The maximum Gasteiger partial charge on any atom is 0.149 e. The van der Waals surface area contributed by atoms with Gasteiger partial charge in [-0.2, -0.15) is 0 Å². The van der Waals surface area contributed by atoms with Crippen molar-refractivity contribution in [1.29, 1.82) is 0 Å². The van der Waals surface area contributed by atoms with E-state index in [1.165, 1.54) is 6.92 Å². The molecule has 3 atom stereocenters. The van der Waals surface area contributed by atoms with Crippen LogP contribution in [0.5, 0.6) is 0 Å². The first-order valence-electron chi connectivity index (χ1n) is 5.52. The summed E-state index contributed by atoms with van der Waals surface area (Å²) in [5.74, 6) is -0.0467. The number of aliphatic hydroxyl groups is 2. The fourth-order valence-corrected chi connectivity index (χ4v) is 1.75. The van der Waals surface area contributed by atoms with E-state index >= 15 is 0 Å². The minimum Gasteiger partial charge on any atom is -0.392 e. The van der Waals surface area contributed by atoms with Gasteiger partial charge in [0, 0.05) is 0 Å². The van der Waals surface area contributed by atoms with Crippen LogP contribution in [-0.4, -0.2) is 53.7 Å². The quantitative estimate of drug-likeness (QED) is 0.622. The van der Waals surface area contributed by atoms with Crippen LogP contribution in [0.4, 0.5) is 0 Å². The normalized spacial score (nSPS) is 17.7. The van der Waals surface area contributed by atoms with Crippen molar-refractivity contribution in [2.24, 2.45) is 5.92 Å². The summed E-state index contributed by atoms with van der Waals surface area (Å²) in [6, 6.07) is -0.461. The minimum absolute atomic E-state index is 0.00658. The molecule has 0 aliphatic heterocycles. The van der Waals surface area contributed by atoms with Gasteiger partial charge in [0.2, 0.25) is 0 Å². The fourth-order valence-electron chi connectivity index (χ4n) is 1.75. The molecule has 0 saturated carbocycles. The van der Waals surface area contributed by atoms with E-state index in [1.54, 1.807) is 25.1 Å². The Morgan fingerprint density at radius 1 is 1.38 bits per heavy atom. The lowest BCUT2D eigenvalue weighted by molar-refractivity contribution is -0.126. The Balaban J connectivity index is 4.43. The lowest BCUT2D eigenvalue weighted by Crippen LogP contribution is -2.47. The zero-order chi connectivity index (χ0) is 12.7. The maximum absolute atomic E-state index is 11.4. The number of allylic oxidation sites excluding steroid dienone is 1. The second kappa shape index (κ2) is 7.54. The van der Waals surface area contributed by atoms with Crippen LogP contribution in [0.2, 0.25) is 0 Å². The van der Waals surface area contributed by atoms with Gasteiger partial charge in [0.05, 0.1) is 18.8 Å². The third kappa shape index (κ3) is 4.88. The standard InChI is InChI=1S/C12H23NO3/c1-9(7-5-6-8-14)12(16)11(10(2)15)13(3)4/h5-6,9,11-12,14,16H,7-8H2,1-4H3/b6-5+/t9-,11-,12-/m1/s1. The van der Waals surface area contributed by atoms with Crippen molar-refractivity contribution in [3.05, 3.63) is 12.2 Å². The molecule has 0 bridgehead atoms. The predicted molar refractivity (Wildman–Crippen MR) is 64.2 cm³/mol. The average Bonchev–Trinajstić information content (AvgIpc) is 2.16. The first-order valence-corrected chi connectivity index (χ1v) is 5.52. The number of Topliss-reactive ketones (excluding diaryl/α,β-unsaturated/α-hetero) is 1. The van der Waals surface area contributed by atoms with Crippen LogP contribution in [0.1, 0.15) is 20.3 Å². The molecule has 0 rings (SSSR count). The first-order chi connectivity index (χ1) is 7.41. The smallest absolute Gasteiger partial charge is 0.149 e. The number of ketones is 1. The predicted octanol–water partition coefficient (Wildman–Crippen LogP) is 0.441. The molecule has 0 radical (unpaired) electrons. The largest absolute Gasteiger partial charge is 0.392 e. The van der Waals surface area contributed by atoms with Crippen molar-refractivity contribution in [3.63, 3.8) is 0 Å². The second-order valence-corrected chi connectivity index (χ2v) is 4.38. The van der Waals surface area contributed by atoms with Gasteiger partial charge in [-0.1, -0.05) is 19.1 Å². The van der Waals surface area contributed by atoms with Gasteiger partial charge < -0.3 is 10.2 Å². The van der Waals surface area contributed by atoms with Gasteiger partial charge >= 0.3 is 0 Å². The molecular weight excluding hydrogens is 206 g/mol. The summed E-state index contributed by atoms with van der Waals surface area (Å²) in [6.45, 7) is 3.39. The van der Waals surface area contributed by atoms with Crippen LogP contribution in [-0.2, 0) is 4.79 Å². The van der Waals surface area contributed by atoms with Gasteiger partial charge in [0.15, 0.2) is 0 Å². The van der Waals surface area contributed by atoms with Crippen LogP contribution in [0.15, 0.2) is 12.2 Å². The Bertz CT molecular complexity index is 238. The highest BCUT2D eigenvalue weighted by Crippen LogP contribution is 2.16. The number of carbonyl (C=O) groups is 1. The fraction of sp³-hybridized carbons (Fsp3) is 0.750. The molecule has 0 aromatic carbocycles. The molecule has 0 spiro atoms. The molecule has 4 heteroatoms. The third-order valence-electron chi connectivity index (χ3n) is 2.66. The molecule has 0 aromatic rings. The number of carbonyl (C=O) groups excluding carboxylic acids is 1. The Hall–Kier alpha value is -0.710. The molecule has 4 nitrogen and oxygen atoms in total. The molecule has 0 heterocycles. The van der Waals surface area contributed by atoms with Crippen molar-refractivity contribution in [2.75, 3.05) is 20.7 Å². The molecule has 0 aliphatic carbocycles. The zero-order valence-corrected chi connectivity index (χ0v) is 10.6. The van der Waals surface area contributed by atoms with E-state index in [1.807, 2.05) is 13.0 Å². The number of rotatable bonds is 7. The maximum atomic E-state index is 11.4. The van der Waals surface area contributed by atoms with Gasteiger partial charge in [-0.3, -0.25) is 9.69 Å². The Morgan fingerprint density at radius 2 is 1.94 bits per heavy atom. The van der Waals surface area contributed by atoms with E-state index in [2.05, 4.69) is 0 Å². The number of hydrogen-bond donors (Lipinski definition) is 2. The third-order valence-corrected chi connectivity index (χ3v) is 2.66. The van der Waals surface area contributed by atoms with Crippen LogP contribution in [0.25, 0.3) is 0 Å². The molecule has 94 valence electrons. The monoisotopic (exact) mass is 229 g/mol. The molecule has 0 aromatic heterocycles. The van der Waals surface area contributed by atoms with Gasteiger partial charge in [-0.05, 0) is 33.4 Å². The van der Waals surface area contributed by atoms with E-state index in [-0.39, 0.29) is 18.3 Å². The highest BCUT2D eigenvalue weighted by Gasteiger charge is 2.29. The average molecular weight is 229 g/mol. The lowest BCUT2D eigenvalue weighted by Gasteiger charge is -2.30. The van der Waals surface area contributed by atoms with Crippen molar-refractivity contribution >= 4 is 5.78 Å². The molecule has 0 fully saturated rings. The summed E-state index contributed by atoms with van der Waals surface area (Å²) in [7, 11) is 3.57. The Labute approximate surface area is 97.6 Å². The molecule has 0 aliphatic rings. The van der Waals surface area contributed by atoms with Gasteiger partial charge in [-0.25, -0.2) is 0 Å². The number of hydrogen-bond acceptors (Lipinski definition) is 4. The summed E-state index contributed by atoms with van der Waals surface area (Å²) in [4.78, 5) is 13.1. The van der Waals surface area contributed by atoms with E-state index in [4.69, 9.17) is 5.11 Å². The molecule has 16 heavy (non-hydrogen) atoms. The van der Waals surface area contributed by atoms with Crippen molar-refractivity contribution in [1.82, 2.24) is 4.90 Å². The SMILES string of the molecule is CC(=O)[C@H]([C@H](O)[C@H](C)C/C=C/CO)N(C)C. The zero-order valence-electron chi connectivity index (χ0n) is 10.6. The highest BCUT2D eigenvalue weighted by molar-refractivity contribution is 5.82. The van der Waals surface area contributed by atoms with Crippen LogP contribution < -0.4 is 0 Å². The first kappa shape index (κ1) is 15.3. The minimum atomic E-state index is -0.684. The number of likely N-dealkylation sites (N-methyl/N-ethyl adjacent to an activating group) is 1. The Morgan fingerprint density at radius 3 is 2.31 bits per heavy atom. The lowest BCUT2D eigenvalue weighted by atomic mass is 9.92. The van der Waals surface area contributed by atoms with E-state index in [0.717, 1.165) is 0 Å². The van der Waals surface area contributed by atoms with E-state index in [9.17, 15) is 9.90 Å². The molecule has 0 unspecified atom stereocenters. The summed E-state index contributed by atoms with van der Waals surface area (Å²) in [5, 5.41) is 18.7. The number of nitrogens with zero attached hydrogens (tertiary/aromatic N) is 1. The van der Waals surface area contributed by atoms with Crippen molar-refractivity contribution in [2.45, 2.75) is 32.4 Å². The number of aliphatic hydroxyl groups excluding tert-OH is 2. The van der Waals surface area contributed by atoms with E-state index in [0.29, 0.717) is 6.42 Å². The molecule has 0 amide bonds. The van der Waals surface area contributed by atoms with E-state index < -0.39 is 12.1 Å². The van der Waals surface area contributed by atoms with Crippen molar-refractivity contribution < 1.29 is 15.0 Å². The molecule has 2 N–H and O–H groups in total. The van der Waals surface area contributed by atoms with Crippen LogP contribution in [0, 0.1) is 5.92 Å². The highest BCUT2D eigenvalue weighted by atomic mass is 16.3. The second-order valence-electron chi connectivity index (χ2n) is 4.38. The van der Waals surface area contributed by atoms with Crippen LogP contribution >= 0.6 is 0 Å². The summed E-state index contributed by atoms with van der Waals surface area (Å²) >= 11 is 0. The van der Waals surface area contributed by atoms with Gasteiger partial charge in [0.25, 0.3) is 0 Å².